The first kappa shape index (κ1) is 17.2. The molecule has 1 aromatic heterocycles. The maximum absolute atomic E-state index is 12.1. The summed E-state index contributed by atoms with van der Waals surface area (Å²) in [5.41, 5.74) is 1.19. The molecule has 3 rings (SSSR count). The van der Waals surface area contributed by atoms with Crippen LogP contribution in [0.1, 0.15) is 45.6 Å². The summed E-state index contributed by atoms with van der Waals surface area (Å²) < 4.78 is 5.45. The molecule has 1 saturated heterocycles. The van der Waals surface area contributed by atoms with Gasteiger partial charge in [0.15, 0.2) is 0 Å². The fourth-order valence-corrected chi connectivity index (χ4v) is 3.85. The number of amides is 1. The van der Waals surface area contributed by atoms with Crippen LogP contribution in [0.15, 0.2) is 24.5 Å². The maximum Gasteiger partial charge on any atom is 0.410 e. The normalized spacial score (nSPS) is 22.5. The Morgan fingerprint density at radius 1 is 1.46 bits per heavy atom. The van der Waals surface area contributed by atoms with Gasteiger partial charge in [-0.05, 0) is 64.6 Å². The molecule has 5 heteroatoms. The summed E-state index contributed by atoms with van der Waals surface area (Å²) in [6.45, 7) is 8.43. The van der Waals surface area contributed by atoms with Gasteiger partial charge < -0.3 is 15.0 Å². The van der Waals surface area contributed by atoms with Crippen LogP contribution in [0.2, 0.25) is 0 Å². The third-order valence-electron chi connectivity index (χ3n) is 4.98. The lowest BCUT2D eigenvalue weighted by Gasteiger charge is -2.48. The monoisotopic (exact) mass is 331 g/mol. The number of carbonyl (C=O) groups excluding carboxylic acids is 1. The lowest BCUT2D eigenvalue weighted by atomic mass is 9.78. The first-order valence-electron chi connectivity index (χ1n) is 8.96. The quantitative estimate of drug-likeness (QED) is 0.921. The summed E-state index contributed by atoms with van der Waals surface area (Å²) >= 11 is 0. The molecule has 1 aromatic rings. The molecule has 1 spiro atoms. The standard InChI is InChI=1S/C19H29N3O2/c1-18(2,3)24-17(23)22-13-19(14-22)8-6-16(11-19)21-10-7-15-5-4-9-20-12-15/h4-5,9,12,16,21H,6-8,10-11,13-14H2,1-3H3. The van der Waals surface area contributed by atoms with E-state index in [9.17, 15) is 4.79 Å². The second-order valence-corrected chi connectivity index (χ2v) is 8.34. The fraction of sp³-hybridized carbons (Fsp3) is 0.684. The summed E-state index contributed by atoms with van der Waals surface area (Å²) in [6.07, 6.45) is 8.17. The molecule has 0 radical (unpaired) electrons. The van der Waals surface area contributed by atoms with Gasteiger partial charge in [-0.3, -0.25) is 4.98 Å². The third kappa shape index (κ3) is 4.26. The number of likely N-dealkylation sites (tertiary alicyclic amines) is 1. The third-order valence-corrected chi connectivity index (χ3v) is 4.98. The Morgan fingerprint density at radius 2 is 2.25 bits per heavy atom. The molecule has 1 aliphatic heterocycles. The maximum atomic E-state index is 12.1. The molecule has 132 valence electrons. The predicted octanol–water partition coefficient (Wildman–Crippen LogP) is 3.00. The van der Waals surface area contributed by atoms with Crippen LogP contribution >= 0.6 is 0 Å². The van der Waals surface area contributed by atoms with Crippen LogP contribution in [-0.4, -0.2) is 47.3 Å². The predicted molar refractivity (Wildman–Crippen MR) is 93.8 cm³/mol. The van der Waals surface area contributed by atoms with Crippen LogP contribution in [0.25, 0.3) is 0 Å². The Morgan fingerprint density at radius 3 is 2.92 bits per heavy atom. The minimum absolute atomic E-state index is 0.166. The number of carbonyl (C=O) groups is 1. The second kappa shape index (κ2) is 6.71. The van der Waals surface area contributed by atoms with Crippen LogP contribution in [0.5, 0.6) is 0 Å². The summed E-state index contributed by atoms with van der Waals surface area (Å²) in [7, 11) is 0. The van der Waals surface area contributed by atoms with Gasteiger partial charge in [-0.1, -0.05) is 6.07 Å². The lowest BCUT2D eigenvalue weighted by molar-refractivity contribution is -0.0326. The van der Waals surface area contributed by atoms with E-state index in [1.807, 2.05) is 44.1 Å². The Balaban J connectivity index is 1.38. The lowest BCUT2D eigenvalue weighted by Crippen LogP contribution is -2.58. The molecule has 2 fully saturated rings. The van der Waals surface area contributed by atoms with Gasteiger partial charge in [0.05, 0.1) is 0 Å². The SMILES string of the molecule is CC(C)(C)OC(=O)N1CC2(CCC(NCCc3cccnc3)C2)C1. The van der Waals surface area contributed by atoms with Crippen molar-refractivity contribution in [2.24, 2.45) is 5.41 Å². The number of pyridine rings is 1. The van der Waals surface area contributed by atoms with Crippen molar-refractivity contribution >= 4 is 6.09 Å². The van der Waals surface area contributed by atoms with E-state index in [0.717, 1.165) is 26.1 Å². The van der Waals surface area contributed by atoms with Gasteiger partial charge in [-0.25, -0.2) is 4.79 Å². The molecular weight excluding hydrogens is 302 g/mol. The van der Waals surface area contributed by atoms with Crippen molar-refractivity contribution in [2.75, 3.05) is 19.6 Å². The summed E-state index contributed by atoms with van der Waals surface area (Å²) in [6, 6.07) is 4.68. The van der Waals surface area contributed by atoms with Crippen LogP contribution in [0.4, 0.5) is 4.79 Å². The second-order valence-electron chi connectivity index (χ2n) is 8.34. The molecule has 5 nitrogen and oxygen atoms in total. The highest BCUT2D eigenvalue weighted by Crippen LogP contribution is 2.45. The average molecular weight is 331 g/mol. The topological polar surface area (TPSA) is 54.5 Å². The Labute approximate surface area is 144 Å². The fourth-order valence-electron chi connectivity index (χ4n) is 3.85. The van der Waals surface area contributed by atoms with Crippen LogP contribution in [0.3, 0.4) is 0 Å². The first-order valence-corrected chi connectivity index (χ1v) is 8.96. The molecular formula is C19H29N3O2. The molecule has 2 heterocycles. The average Bonchev–Trinajstić information content (AvgIpc) is 2.89. The molecule has 24 heavy (non-hydrogen) atoms. The van der Waals surface area contributed by atoms with E-state index in [-0.39, 0.29) is 6.09 Å². The van der Waals surface area contributed by atoms with Gasteiger partial charge >= 0.3 is 6.09 Å². The van der Waals surface area contributed by atoms with Crippen molar-refractivity contribution in [3.05, 3.63) is 30.1 Å². The zero-order valence-electron chi connectivity index (χ0n) is 15.0. The van der Waals surface area contributed by atoms with E-state index in [1.165, 1.54) is 24.8 Å². The van der Waals surface area contributed by atoms with Crippen molar-refractivity contribution in [3.8, 4) is 0 Å². The number of rotatable bonds is 4. The van der Waals surface area contributed by atoms with Crippen molar-refractivity contribution in [3.63, 3.8) is 0 Å². The van der Waals surface area contributed by atoms with E-state index in [0.29, 0.717) is 11.5 Å². The molecule has 1 atom stereocenters. The van der Waals surface area contributed by atoms with E-state index in [4.69, 9.17) is 4.74 Å². The van der Waals surface area contributed by atoms with Gasteiger partial charge in [0, 0.05) is 36.9 Å². The number of aromatic nitrogens is 1. The molecule has 2 aliphatic rings. The van der Waals surface area contributed by atoms with Gasteiger partial charge in [0.2, 0.25) is 0 Å². The van der Waals surface area contributed by atoms with E-state index >= 15 is 0 Å². The van der Waals surface area contributed by atoms with Crippen molar-refractivity contribution in [1.82, 2.24) is 15.2 Å². The number of nitrogens with one attached hydrogen (secondary N) is 1. The summed E-state index contributed by atoms with van der Waals surface area (Å²) in [5, 5.41) is 3.67. The summed E-state index contributed by atoms with van der Waals surface area (Å²) in [5.74, 6) is 0. The van der Waals surface area contributed by atoms with Crippen LogP contribution < -0.4 is 5.32 Å². The Kier molecular flexibility index (Phi) is 4.81. The minimum atomic E-state index is -0.411. The zero-order chi connectivity index (χ0) is 17.2. The first-order chi connectivity index (χ1) is 11.4. The van der Waals surface area contributed by atoms with Crippen molar-refractivity contribution in [1.29, 1.82) is 0 Å². The van der Waals surface area contributed by atoms with Crippen molar-refractivity contribution < 1.29 is 9.53 Å². The van der Waals surface area contributed by atoms with E-state index in [1.54, 1.807) is 0 Å². The molecule has 1 unspecified atom stereocenters. The van der Waals surface area contributed by atoms with Gasteiger partial charge in [-0.2, -0.15) is 0 Å². The molecule has 1 amide bonds. The van der Waals surface area contributed by atoms with E-state index < -0.39 is 5.60 Å². The number of nitrogens with zero attached hydrogens (tertiary/aromatic N) is 2. The number of ether oxygens (including phenoxy) is 1. The molecule has 0 aromatic carbocycles. The Bertz CT molecular complexity index is 562. The number of hydrogen-bond donors (Lipinski definition) is 1. The molecule has 1 N–H and O–H groups in total. The molecule has 0 bridgehead atoms. The van der Waals surface area contributed by atoms with Crippen LogP contribution in [0, 0.1) is 5.41 Å². The molecule has 1 saturated carbocycles. The zero-order valence-corrected chi connectivity index (χ0v) is 15.0. The smallest absolute Gasteiger partial charge is 0.410 e. The molecule has 1 aliphatic carbocycles. The Hall–Kier alpha value is -1.62. The van der Waals surface area contributed by atoms with Gasteiger partial charge in [-0.15, -0.1) is 0 Å². The summed E-state index contributed by atoms with van der Waals surface area (Å²) in [4.78, 5) is 18.1. The van der Waals surface area contributed by atoms with Gasteiger partial charge in [0.1, 0.15) is 5.60 Å². The van der Waals surface area contributed by atoms with Crippen molar-refractivity contribution in [2.45, 2.75) is 58.1 Å². The highest BCUT2D eigenvalue weighted by atomic mass is 16.6. The highest BCUT2D eigenvalue weighted by Gasteiger charge is 2.50. The largest absolute Gasteiger partial charge is 0.444 e. The van der Waals surface area contributed by atoms with E-state index in [2.05, 4.69) is 16.4 Å². The minimum Gasteiger partial charge on any atom is -0.444 e. The van der Waals surface area contributed by atoms with Crippen LogP contribution in [-0.2, 0) is 11.2 Å². The number of hydrogen-bond acceptors (Lipinski definition) is 4. The van der Waals surface area contributed by atoms with Gasteiger partial charge in [0.25, 0.3) is 0 Å². The highest BCUT2D eigenvalue weighted by molar-refractivity contribution is 5.69.